The Morgan fingerprint density at radius 1 is 0.521 bits per heavy atom. The highest BCUT2D eigenvalue weighted by atomic mass is 16.3. The van der Waals surface area contributed by atoms with Gasteiger partial charge in [-0.3, -0.25) is 0 Å². The third-order valence-corrected chi connectivity index (χ3v) is 10.8. The summed E-state index contributed by atoms with van der Waals surface area (Å²) in [5, 5.41) is 2.34. The number of rotatable bonds is 5. The molecule has 0 aliphatic carbocycles. The second-order valence-electron chi connectivity index (χ2n) is 14.7. The second-order valence-corrected chi connectivity index (χ2v) is 14.7. The number of hydrogen-bond acceptors (Lipinski definition) is 2. The minimum atomic E-state index is 0.187. The average molecular weight is 622 g/mol. The zero-order valence-corrected chi connectivity index (χ0v) is 28.6. The molecule has 6 aromatic carbocycles. The second kappa shape index (κ2) is 10.8. The van der Waals surface area contributed by atoms with Crippen molar-refractivity contribution in [2.45, 2.75) is 59.3 Å². The molecule has 0 atom stereocenters. The fourth-order valence-electron chi connectivity index (χ4n) is 8.20. The van der Waals surface area contributed by atoms with E-state index < -0.39 is 0 Å². The Hall–Kier alpha value is -5.02. The fourth-order valence-corrected chi connectivity index (χ4v) is 8.20. The minimum absolute atomic E-state index is 0.187. The largest absolute Gasteiger partial charge is 0.456 e. The summed E-state index contributed by atoms with van der Waals surface area (Å²) in [5.74, 6) is 1.32. The zero-order chi connectivity index (χ0) is 32.8. The average Bonchev–Trinajstić information content (AvgIpc) is 3.64. The van der Waals surface area contributed by atoms with E-state index in [0.717, 1.165) is 16.6 Å². The smallest absolute Gasteiger partial charge is 0.248 e. The summed E-state index contributed by atoms with van der Waals surface area (Å²) < 4.78 is 6.39. The Morgan fingerprint density at radius 2 is 1.21 bits per heavy atom. The first-order chi connectivity index (χ1) is 23.3. The van der Waals surface area contributed by atoms with E-state index in [1.165, 1.54) is 77.8 Å². The number of fused-ring (bicyclic) bond motifs is 8. The van der Waals surface area contributed by atoms with Gasteiger partial charge >= 0.3 is 0 Å². The van der Waals surface area contributed by atoms with Crippen molar-refractivity contribution in [1.82, 2.24) is 0 Å². The molecule has 3 heterocycles. The van der Waals surface area contributed by atoms with E-state index in [1.54, 1.807) is 0 Å². The Morgan fingerprint density at radius 3 is 2.00 bits per heavy atom. The van der Waals surface area contributed by atoms with Crippen LogP contribution in [0.2, 0.25) is 0 Å². The summed E-state index contributed by atoms with van der Waals surface area (Å²) in [5.41, 5.74) is 19.1. The summed E-state index contributed by atoms with van der Waals surface area (Å²) >= 11 is 0. The third-order valence-electron chi connectivity index (χ3n) is 10.8. The molecule has 0 unspecified atom stereocenters. The van der Waals surface area contributed by atoms with E-state index in [2.05, 4.69) is 162 Å². The number of nitrogens with zero attached hydrogens (tertiary/aromatic N) is 1. The van der Waals surface area contributed by atoms with Crippen LogP contribution >= 0.6 is 0 Å². The number of benzene rings is 6. The molecule has 0 saturated heterocycles. The maximum atomic E-state index is 6.39. The molecule has 0 N–H and O–H groups in total. The lowest BCUT2D eigenvalue weighted by atomic mass is 9.37. The van der Waals surface area contributed by atoms with E-state index in [-0.39, 0.29) is 6.71 Å². The van der Waals surface area contributed by atoms with Gasteiger partial charge in [-0.05, 0) is 110 Å². The summed E-state index contributed by atoms with van der Waals surface area (Å²) in [6.45, 7) is 13.9. The summed E-state index contributed by atoms with van der Waals surface area (Å²) in [6, 6.07) is 43.5. The molecule has 1 aromatic heterocycles. The fraction of sp³-hybridized carbons (Fsp3) is 0.200. The van der Waals surface area contributed by atoms with E-state index >= 15 is 0 Å². The van der Waals surface area contributed by atoms with Gasteiger partial charge in [0.05, 0.1) is 0 Å². The molecule has 3 heteroatoms. The van der Waals surface area contributed by atoms with Gasteiger partial charge in [0, 0.05) is 27.8 Å². The first-order valence-corrected chi connectivity index (χ1v) is 17.5. The van der Waals surface area contributed by atoms with Crippen LogP contribution in [0.4, 0.5) is 17.1 Å². The highest BCUT2D eigenvalue weighted by molar-refractivity contribution is 7.01. The van der Waals surface area contributed by atoms with Crippen LogP contribution in [0.25, 0.3) is 44.2 Å². The molecule has 0 amide bonds. The molecule has 0 radical (unpaired) electrons. The molecular weight excluding hydrogens is 581 g/mol. The van der Waals surface area contributed by atoms with Gasteiger partial charge in [-0.1, -0.05) is 120 Å². The molecule has 234 valence electrons. The molecule has 0 bridgehead atoms. The first-order valence-electron chi connectivity index (χ1n) is 17.5. The summed E-state index contributed by atoms with van der Waals surface area (Å²) in [4.78, 5) is 2.56. The number of hydrogen-bond donors (Lipinski definition) is 0. The lowest BCUT2D eigenvalue weighted by molar-refractivity contribution is 0.669. The van der Waals surface area contributed by atoms with Crippen LogP contribution in [0.1, 0.15) is 76.0 Å². The van der Waals surface area contributed by atoms with Gasteiger partial charge in [-0.25, -0.2) is 0 Å². The molecular formula is C45H40BNO. The van der Waals surface area contributed by atoms with E-state index in [1.807, 2.05) is 0 Å². The van der Waals surface area contributed by atoms with E-state index in [0.29, 0.717) is 17.8 Å². The molecule has 0 spiro atoms. The minimum Gasteiger partial charge on any atom is -0.456 e. The first kappa shape index (κ1) is 29.1. The normalized spacial score (nSPS) is 13.3. The molecule has 7 aromatic rings. The molecule has 48 heavy (non-hydrogen) atoms. The number of furan rings is 1. The molecule has 2 aliphatic rings. The van der Waals surface area contributed by atoms with Gasteiger partial charge in [-0.15, -0.1) is 0 Å². The molecule has 9 rings (SSSR count). The monoisotopic (exact) mass is 621 g/mol. The molecule has 2 aliphatic heterocycles. The Kier molecular flexibility index (Phi) is 6.53. The van der Waals surface area contributed by atoms with E-state index in [9.17, 15) is 0 Å². The summed E-state index contributed by atoms with van der Waals surface area (Å²) in [7, 11) is 0. The number of para-hydroxylation sites is 1. The molecule has 0 saturated carbocycles. The quantitative estimate of drug-likeness (QED) is 0.178. The third kappa shape index (κ3) is 4.26. The SMILES string of the molecule is CC(C)c1cccc(N2c3cc(C(C)C)ccc3B3c4ccc(C(C)C)cc4-c4cc(-c5cccc6oc7ccccc7c56)cc2c43)c1. The van der Waals surface area contributed by atoms with Crippen molar-refractivity contribution in [3.05, 3.63) is 132 Å². The van der Waals surface area contributed by atoms with Crippen LogP contribution in [-0.2, 0) is 0 Å². The van der Waals surface area contributed by atoms with Crippen molar-refractivity contribution in [3.8, 4) is 22.3 Å². The lowest BCUT2D eigenvalue weighted by Gasteiger charge is -2.37. The van der Waals surface area contributed by atoms with Gasteiger partial charge in [-0.2, -0.15) is 0 Å². The summed E-state index contributed by atoms with van der Waals surface area (Å²) in [6.07, 6.45) is 0. The van der Waals surface area contributed by atoms with Crippen molar-refractivity contribution in [2.75, 3.05) is 4.90 Å². The topological polar surface area (TPSA) is 16.4 Å². The van der Waals surface area contributed by atoms with Crippen molar-refractivity contribution < 1.29 is 4.42 Å². The predicted molar refractivity (Wildman–Crippen MR) is 206 cm³/mol. The maximum absolute atomic E-state index is 6.39. The zero-order valence-electron chi connectivity index (χ0n) is 28.6. The van der Waals surface area contributed by atoms with Crippen LogP contribution < -0.4 is 21.3 Å². The van der Waals surface area contributed by atoms with Crippen molar-refractivity contribution >= 4 is 62.1 Å². The van der Waals surface area contributed by atoms with Gasteiger partial charge < -0.3 is 9.32 Å². The van der Waals surface area contributed by atoms with Crippen LogP contribution in [-0.4, -0.2) is 6.71 Å². The maximum Gasteiger partial charge on any atom is 0.248 e. The highest BCUT2D eigenvalue weighted by Crippen LogP contribution is 2.46. The standard InChI is InChI=1S/C45H40BNO/c1-26(2)29-11-9-12-33(21-29)47-40-24-31(28(5)6)18-20-39(40)46-38-19-17-30(27(3)4)22-36(38)37-23-32(25-41(47)45(37)46)34-14-10-16-43-44(34)35-13-7-8-15-42(35)48-43/h7-28H,1-6H3. The van der Waals surface area contributed by atoms with Crippen LogP contribution in [0.15, 0.2) is 120 Å². The van der Waals surface area contributed by atoms with Crippen LogP contribution in [0.3, 0.4) is 0 Å². The van der Waals surface area contributed by atoms with Gasteiger partial charge in [0.25, 0.3) is 0 Å². The lowest BCUT2D eigenvalue weighted by Crippen LogP contribution is -2.54. The van der Waals surface area contributed by atoms with Gasteiger partial charge in [0.15, 0.2) is 0 Å². The molecule has 0 fully saturated rings. The van der Waals surface area contributed by atoms with E-state index in [4.69, 9.17) is 4.42 Å². The van der Waals surface area contributed by atoms with Crippen molar-refractivity contribution in [3.63, 3.8) is 0 Å². The van der Waals surface area contributed by atoms with Crippen LogP contribution in [0.5, 0.6) is 0 Å². The van der Waals surface area contributed by atoms with Crippen molar-refractivity contribution in [2.24, 2.45) is 0 Å². The Labute approximate surface area is 284 Å². The predicted octanol–water partition coefficient (Wildman–Crippen LogP) is 10.9. The van der Waals surface area contributed by atoms with Gasteiger partial charge in [0.1, 0.15) is 11.2 Å². The van der Waals surface area contributed by atoms with Gasteiger partial charge in [0.2, 0.25) is 6.71 Å². The Balaban J connectivity index is 1.40. The number of anilines is 3. The highest BCUT2D eigenvalue weighted by Gasteiger charge is 2.43. The van der Waals surface area contributed by atoms with Crippen molar-refractivity contribution in [1.29, 1.82) is 0 Å². The van der Waals surface area contributed by atoms with Crippen LogP contribution in [0, 0.1) is 0 Å². The Bertz CT molecular complexity index is 2410. The molecule has 2 nitrogen and oxygen atoms in total.